The summed E-state index contributed by atoms with van der Waals surface area (Å²) < 4.78 is 4.96. The molecule has 1 unspecified atom stereocenters. The minimum atomic E-state index is -1.03. The molecule has 1 heterocycles. The molecule has 0 radical (unpaired) electrons. The molecule has 0 aromatic rings. The van der Waals surface area contributed by atoms with E-state index in [2.05, 4.69) is 11.9 Å². The van der Waals surface area contributed by atoms with Crippen LogP contribution in [0, 0.1) is 0 Å². The number of carbonyl (C=O) groups is 2. The molecule has 0 aromatic heterocycles. The molecule has 0 bridgehead atoms. The van der Waals surface area contributed by atoms with E-state index in [9.17, 15) is 9.59 Å². The van der Waals surface area contributed by atoms with E-state index in [0.29, 0.717) is 19.4 Å². The lowest BCUT2D eigenvalue weighted by atomic mass is 10.1. The van der Waals surface area contributed by atoms with E-state index >= 15 is 0 Å². The minimum Gasteiger partial charge on any atom is -0.478 e. The van der Waals surface area contributed by atoms with Gasteiger partial charge in [0.25, 0.3) is 0 Å². The number of epoxide rings is 1. The molecule has 1 aliphatic rings. The fourth-order valence-electron chi connectivity index (χ4n) is 1.01. The maximum absolute atomic E-state index is 10.8. The van der Waals surface area contributed by atoms with E-state index in [1.54, 1.807) is 0 Å². The highest BCUT2D eigenvalue weighted by Gasteiger charge is 2.23. The van der Waals surface area contributed by atoms with Crippen LogP contribution in [-0.4, -0.2) is 29.7 Å². The van der Waals surface area contributed by atoms with Crippen molar-refractivity contribution in [1.82, 2.24) is 5.32 Å². The Kier molecular flexibility index (Phi) is 4.05. The lowest BCUT2D eigenvalue weighted by Gasteiger charge is -2.01. The Hall–Kier alpha value is -1.62. The van der Waals surface area contributed by atoms with Crippen LogP contribution in [0.3, 0.4) is 0 Å². The largest absolute Gasteiger partial charge is 0.478 e. The first kappa shape index (κ1) is 11.5. The molecule has 5 heteroatoms. The third kappa shape index (κ3) is 4.42. The third-order valence-electron chi connectivity index (χ3n) is 1.99. The van der Waals surface area contributed by atoms with Crippen molar-refractivity contribution in [2.45, 2.75) is 18.9 Å². The van der Waals surface area contributed by atoms with Gasteiger partial charge in [-0.05, 0) is 18.9 Å². The molecule has 5 nitrogen and oxygen atoms in total. The number of rotatable bonds is 6. The summed E-state index contributed by atoms with van der Waals surface area (Å²) in [4.78, 5) is 21.5. The number of carbonyl (C=O) groups excluding carboxylic acids is 1. The van der Waals surface area contributed by atoms with Crippen molar-refractivity contribution in [2.24, 2.45) is 0 Å². The van der Waals surface area contributed by atoms with Crippen LogP contribution in [0.15, 0.2) is 24.4 Å². The zero-order valence-corrected chi connectivity index (χ0v) is 8.23. The summed E-state index contributed by atoms with van der Waals surface area (Å²) in [6, 6.07) is 0. The number of nitrogens with one attached hydrogen (secondary N) is 1. The first-order valence-corrected chi connectivity index (χ1v) is 4.60. The maximum atomic E-state index is 10.8. The lowest BCUT2D eigenvalue weighted by molar-refractivity contribution is -0.132. The fraction of sp³-hybridized carbons (Fsp3) is 0.400. The SMILES string of the molecule is C=CC(=O)NC=C(CCC1CO1)C(=O)O. The first-order chi connectivity index (χ1) is 7.13. The predicted octanol–water partition coefficient (Wildman–Crippen LogP) is 0.436. The van der Waals surface area contributed by atoms with Crippen LogP contribution in [0.25, 0.3) is 0 Å². The Morgan fingerprint density at radius 1 is 1.60 bits per heavy atom. The van der Waals surface area contributed by atoms with E-state index in [1.807, 2.05) is 0 Å². The van der Waals surface area contributed by atoms with Gasteiger partial charge < -0.3 is 15.2 Å². The highest BCUT2D eigenvalue weighted by Crippen LogP contribution is 2.18. The van der Waals surface area contributed by atoms with E-state index in [-0.39, 0.29) is 11.7 Å². The molecule has 2 N–H and O–H groups in total. The average Bonchev–Trinajstić information content (AvgIpc) is 3.00. The van der Waals surface area contributed by atoms with Crippen molar-refractivity contribution in [2.75, 3.05) is 6.61 Å². The van der Waals surface area contributed by atoms with E-state index in [4.69, 9.17) is 9.84 Å². The van der Waals surface area contributed by atoms with Gasteiger partial charge in [-0.15, -0.1) is 0 Å². The highest BCUT2D eigenvalue weighted by atomic mass is 16.6. The van der Waals surface area contributed by atoms with Gasteiger partial charge in [0.1, 0.15) is 0 Å². The van der Waals surface area contributed by atoms with Gasteiger partial charge in [-0.1, -0.05) is 6.58 Å². The number of hydrogen-bond donors (Lipinski definition) is 2. The zero-order valence-electron chi connectivity index (χ0n) is 8.23. The van der Waals surface area contributed by atoms with Crippen molar-refractivity contribution >= 4 is 11.9 Å². The number of carboxylic acid groups (broad SMARTS) is 1. The number of aliphatic carboxylic acids is 1. The molecule has 0 spiro atoms. The number of carboxylic acids is 1. The Bertz CT molecular complexity index is 305. The van der Waals surface area contributed by atoms with Crippen LogP contribution < -0.4 is 5.32 Å². The molecular formula is C10H13NO4. The standard InChI is InChI=1S/C10H13NO4/c1-2-9(12)11-5-7(10(13)14)3-4-8-6-15-8/h2,5,8H,1,3-4,6H2,(H,11,12)(H,13,14). The van der Waals surface area contributed by atoms with E-state index in [1.165, 1.54) is 6.20 Å². The molecular weight excluding hydrogens is 198 g/mol. The molecule has 1 saturated heterocycles. The van der Waals surface area contributed by atoms with Crippen molar-refractivity contribution in [3.05, 3.63) is 24.4 Å². The van der Waals surface area contributed by atoms with Gasteiger partial charge in [0.05, 0.1) is 18.3 Å². The number of amides is 1. The van der Waals surface area contributed by atoms with E-state index < -0.39 is 11.9 Å². The van der Waals surface area contributed by atoms with Crippen LogP contribution >= 0.6 is 0 Å². The summed E-state index contributed by atoms with van der Waals surface area (Å²) in [7, 11) is 0. The Labute approximate surface area is 87.4 Å². The molecule has 1 rings (SSSR count). The minimum absolute atomic E-state index is 0.167. The summed E-state index contributed by atoms with van der Waals surface area (Å²) in [5.74, 6) is -1.45. The fourth-order valence-corrected chi connectivity index (χ4v) is 1.01. The Morgan fingerprint density at radius 2 is 2.27 bits per heavy atom. The molecule has 82 valence electrons. The quantitative estimate of drug-likeness (QED) is 0.493. The second kappa shape index (κ2) is 5.31. The average molecular weight is 211 g/mol. The van der Waals surface area contributed by atoms with Crippen molar-refractivity contribution in [1.29, 1.82) is 0 Å². The van der Waals surface area contributed by atoms with E-state index in [0.717, 1.165) is 6.08 Å². The first-order valence-electron chi connectivity index (χ1n) is 4.60. The molecule has 0 aromatic carbocycles. The molecule has 0 saturated carbocycles. The molecule has 1 aliphatic heterocycles. The van der Waals surface area contributed by atoms with Gasteiger partial charge in [0.2, 0.25) is 5.91 Å². The second-order valence-corrected chi connectivity index (χ2v) is 3.18. The summed E-state index contributed by atoms with van der Waals surface area (Å²) in [6.07, 6.45) is 3.52. The van der Waals surface area contributed by atoms with Crippen LogP contribution in [0.2, 0.25) is 0 Å². The summed E-state index contributed by atoms with van der Waals surface area (Å²) in [5, 5.41) is 11.1. The highest BCUT2D eigenvalue weighted by molar-refractivity contribution is 5.90. The molecule has 0 aliphatic carbocycles. The second-order valence-electron chi connectivity index (χ2n) is 3.18. The predicted molar refractivity (Wildman–Crippen MR) is 53.0 cm³/mol. The topological polar surface area (TPSA) is 78.9 Å². The summed E-state index contributed by atoms with van der Waals surface area (Å²) >= 11 is 0. The summed E-state index contributed by atoms with van der Waals surface area (Å²) in [5.41, 5.74) is 0.167. The monoisotopic (exact) mass is 211 g/mol. The lowest BCUT2D eigenvalue weighted by Crippen LogP contribution is -2.16. The van der Waals surface area contributed by atoms with Crippen molar-refractivity contribution in [3.63, 3.8) is 0 Å². The normalized spacial score (nSPS) is 19.5. The van der Waals surface area contributed by atoms with Gasteiger partial charge >= 0.3 is 5.97 Å². The van der Waals surface area contributed by atoms with Gasteiger partial charge in [0.15, 0.2) is 0 Å². The van der Waals surface area contributed by atoms with Gasteiger partial charge in [-0.2, -0.15) is 0 Å². The summed E-state index contributed by atoms with van der Waals surface area (Å²) in [6.45, 7) is 3.96. The number of ether oxygens (including phenoxy) is 1. The number of hydrogen-bond acceptors (Lipinski definition) is 3. The van der Waals surface area contributed by atoms with Crippen molar-refractivity contribution < 1.29 is 19.4 Å². The zero-order chi connectivity index (χ0) is 11.3. The van der Waals surface area contributed by atoms with Crippen LogP contribution in [0.4, 0.5) is 0 Å². The third-order valence-corrected chi connectivity index (χ3v) is 1.99. The molecule has 1 amide bonds. The van der Waals surface area contributed by atoms with Gasteiger partial charge in [-0.25, -0.2) is 4.79 Å². The molecule has 1 fully saturated rings. The van der Waals surface area contributed by atoms with Crippen LogP contribution in [-0.2, 0) is 14.3 Å². The smallest absolute Gasteiger partial charge is 0.333 e. The van der Waals surface area contributed by atoms with Gasteiger partial charge in [0, 0.05) is 6.20 Å². The maximum Gasteiger partial charge on any atom is 0.333 e. The Balaban J connectivity index is 2.43. The van der Waals surface area contributed by atoms with Crippen LogP contribution in [0.1, 0.15) is 12.8 Å². The van der Waals surface area contributed by atoms with Crippen molar-refractivity contribution in [3.8, 4) is 0 Å². The van der Waals surface area contributed by atoms with Crippen LogP contribution in [0.5, 0.6) is 0 Å². The Morgan fingerprint density at radius 3 is 2.73 bits per heavy atom. The molecule has 15 heavy (non-hydrogen) atoms. The van der Waals surface area contributed by atoms with Gasteiger partial charge in [-0.3, -0.25) is 4.79 Å². The molecule has 1 atom stereocenters.